The molecule has 0 aliphatic carbocycles. The number of fused-ring (bicyclic) bond motifs is 1. The maximum absolute atomic E-state index is 14.3. The van der Waals surface area contributed by atoms with E-state index in [1.54, 1.807) is 33.7 Å². The molecule has 8 heteroatoms. The number of ether oxygens (including phenoxy) is 1. The van der Waals surface area contributed by atoms with Crippen LogP contribution in [0.5, 0.6) is 0 Å². The third-order valence-electron chi connectivity index (χ3n) is 8.07. The Bertz CT molecular complexity index is 861. The van der Waals surface area contributed by atoms with Crippen LogP contribution in [-0.4, -0.2) is 80.6 Å². The van der Waals surface area contributed by atoms with E-state index in [0.717, 1.165) is 12.8 Å². The molecular weight excluding hydrogens is 476 g/mol. The predicted molar refractivity (Wildman–Crippen MR) is 143 cm³/mol. The maximum atomic E-state index is 14.3. The van der Waals surface area contributed by atoms with Crippen molar-refractivity contribution in [3.63, 3.8) is 0 Å². The van der Waals surface area contributed by atoms with Crippen LogP contribution in [0.1, 0.15) is 60.3 Å². The minimum Gasteiger partial charge on any atom is -0.465 e. The molecule has 0 radical (unpaired) electrons. The SMILES string of the molecule is C=CCCCOC(=O)[C@@H]1[C@@H]2CC(C)C3(S2)C(C(=O)N(CC=C)C(C)C)N([C@@H](CO)CC(C)C)C(=O)[C@H]13. The van der Waals surface area contributed by atoms with Gasteiger partial charge in [-0.2, -0.15) is 0 Å². The molecule has 2 amide bonds. The lowest BCUT2D eigenvalue weighted by Gasteiger charge is -2.43. The third-order valence-corrected chi connectivity index (χ3v) is 10.1. The molecule has 3 fully saturated rings. The number of rotatable bonds is 13. The molecule has 0 aromatic carbocycles. The second-order valence-corrected chi connectivity index (χ2v) is 12.8. The third kappa shape index (κ3) is 4.87. The molecule has 0 aromatic rings. The number of unbranched alkanes of at least 4 members (excludes halogenated alkanes) is 1. The molecule has 3 unspecified atom stereocenters. The van der Waals surface area contributed by atoms with E-state index in [2.05, 4.69) is 20.1 Å². The zero-order valence-electron chi connectivity index (χ0n) is 22.5. The van der Waals surface area contributed by atoms with Crippen molar-refractivity contribution in [1.29, 1.82) is 0 Å². The lowest BCUT2D eigenvalue weighted by Crippen LogP contribution is -2.60. The normalized spacial score (nSPS) is 31.6. The summed E-state index contributed by atoms with van der Waals surface area (Å²) >= 11 is 1.64. The van der Waals surface area contributed by atoms with Crippen molar-refractivity contribution in [2.45, 2.75) is 88.4 Å². The number of hydrogen-bond acceptors (Lipinski definition) is 6. The number of likely N-dealkylation sites (tertiary alicyclic amines) is 1. The van der Waals surface area contributed by atoms with Gasteiger partial charge in [-0.05, 0) is 51.4 Å². The van der Waals surface area contributed by atoms with E-state index in [-0.39, 0.29) is 47.5 Å². The quantitative estimate of drug-likeness (QED) is 0.227. The first kappa shape index (κ1) is 28.8. The molecule has 3 aliphatic rings. The number of aliphatic hydroxyl groups is 1. The Hall–Kier alpha value is -1.80. The fourth-order valence-corrected chi connectivity index (χ4v) is 8.96. The van der Waals surface area contributed by atoms with Gasteiger partial charge < -0.3 is 19.6 Å². The number of carbonyl (C=O) groups excluding carboxylic acids is 3. The highest BCUT2D eigenvalue weighted by atomic mass is 32.2. The average molecular weight is 521 g/mol. The predicted octanol–water partition coefficient (Wildman–Crippen LogP) is 3.66. The number of nitrogens with zero attached hydrogens (tertiary/aromatic N) is 2. The van der Waals surface area contributed by atoms with Crippen molar-refractivity contribution in [2.75, 3.05) is 19.8 Å². The van der Waals surface area contributed by atoms with Gasteiger partial charge in [0, 0.05) is 17.8 Å². The summed E-state index contributed by atoms with van der Waals surface area (Å²) in [5, 5.41) is 10.3. The van der Waals surface area contributed by atoms with Crippen molar-refractivity contribution < 1.29 is 24.2 Å². The lowest BCUT2D eigenvalue weighted by atomic mass is 9.66. The Balaban J connectivity index is 2.06. The summed E-state index contributed by atoms with van der Waals surface area (Å²) in [6.07, 6.45) is 6.29. The zero-order chi connectivity index (χ0) is 26.8. The number of esters is 1. The molecular formula is C28H44N2O5S. The van der Waals surface area contributed by atoms with E-state index >= 15 is 0 Å². The number of allylic oxidation sites excluding steroid dienone is 1. The molecule has 0 aromatic heterocycles. The Morgan fingerprint density at radius 2 is 1.97 bits per heavy atom. The van der Waals surface area contributed by atoms with Gasteiger partial charge in [-0.1, -0.05) is 32.9 Å². The first-order valence-electron chi connectivity index (χ1n) is 13.4. The van der Waals surface area contributed by atoms with Crippen LogP contribution in [0.4, 0.5) is 0 Å². The fourth-order valence-electron chi connectivity index (χ4n) is 6.57. The van der Waals surface area contributed by atoms with Crippen LogP contribution in [-0.2, 0) is 19.1 Å². The van der Waals surface area contributed by atoms with Crippen LogP contribution in [0, 0.1) is 23.7 Å². The summed E-state index contributed by atoms with van der Waals surface area (Å²) in [5.74, 6) is -1.56. The molecule has 1 N–H and O–H groups in total. The fraction of sp³-hybridized carbons (Fsp3) is 0.750. The van der Waals surface area contributed by atoms with Gasteiger partial charge in [0.1, 0.15) is 6.04 Å². The first-order chi connectivity index (χ1) is 17.1. The van der Waals surface area contributed by atoms with E-state index in [4.69, 9.17) is 4.74 Å². The smallest absolute Gasteiger partial charge is 0.310 e. The highest BCUT2D eigenvalue weighted by Crippen LogP contribution is 2.69. The number of thioether (sulfide) groups is 1. The molecule has 3 heterocycles. The van der Waals surface area contributed by atoms with Crippen molar-refractivity contribution >= 4 is 29.5 Å². The van der Waals surface area contributed by atoms with E-state index < -0.39 is 28.7 Å². The Labute approximate surface area is 220 Å². The van der Waals surface area contributed by atoms with E-state index in [1.807, 2.05) is 27.7 Å². The standard InChI is InChI=1S/C28H44N2O5S/c1-8-10-11-13-35-27(34)22-21-15-19(7)28(36-21)23(22)25(32)30(20(16-31)14-17(3)4)24(28)26(33)29(12-9-2)18(5)6/h8-9,17-24,31H,1-2,10-16H2,3-7H3/t19?,20-,21+,22-,23+,24?,28?/m1/s1. The molecule has 1 spiro atoms. The van der Waals surface area contributed by atoms with Crippen LogP contribution in [0.3, 0.4) is 0 Å². The van der Waals surface area contributed by atoms with Crippen molar-refractivity contribution in [2.24, 2.45) is 23.7 Å². The zero-order valence-corrected chi connectivity index (χ0v) is 23.3. The summed E-state index contributed by atoms with van der Waals surface area (Å²) in [6, 6.07) is -1.30. The van der Waals surface area contributed by atoms with Gasteiger partial charge in [0.05, 0.1) is 35.8 Å². The molecule has 3 aliphatic heterocycles. The summed E-state index contributed by atoms with van der Waals surface area (Å²) in [6.45, 7) is 18.1. The number of amides is 2. The van der Waals surface area contributed by atoms with Crippen LogP contribution in [0.2, 0.25) is 0 Å². The molecule has 0 saturated carbocycles. The van der Waals surface area contributed by atoms with Crippen LogP contribution in [0.15, 0.2) is 25.3 Å². The monoisotopic (exact) mass is 520 g/mol. The summed E-state index contributed by atoms with van der Waals surface area (Å²) < 4.78 is 4.93. The number of carbonyl (C=O) groups is 3. The van der Waals surface area contributed by atoms with Crippen LogP contribution < -0.4 is 0 Å². The molecule has 7 atom stereocenters. The Morgan fingerprint density at radius 3 is 2.53 bits per heavy atom. The lowest BCUT2D eigenvalue weighted by molar-refractivity contribution is -0.155. The molecule has 202 valence electrons. The van der Waals surface area contributed by atoms with E-state index in [9.17, 15) is 19.5 Å². The number of aliphatic hydroxyl groups excluding tert-OH is 1. The van der Waals surface area contributed by atoms with E-state index in [0.29, 0.717) is 26.0 Å². The average Bonchev–Trinajstić information content (AvgIpc) is 3.41. The van der Waals surface area contributed by atoms with Gasteiger partial charge in [-0.15, -0.1) is 24.9 Å². The largest absolute Gasteiger partial charge is 0.465 e. The molecule has 36 heavy (non-hydrogen) atoms. The molecule has 3 rings (SSSR count). The first-order valence-corrected chi connectivity index (χ1v) is 14.2. The Kier molecular flexibility index (Phi) is 9.36. The van der Waals surface area contributed by atoms with Gasteiger partial charge in [0.25, 0.3) is 0 Å². The second-order valence-electron chi connectivity index (χ2n) is 11.2. The van der Waals surface area contributed by atoms with Crippen molar-refractivity contribution in [3.05, 3.63) is 25.3 Å². The van der Waals surface area contributed by atoms with Crippen molar-refractivity contribution in [3.8, 4) is 0 Å². The Morgan fingerprint density at radius 1 is 1.28 bits per heavy atom. The second kappa shape index (κ2) is 11.7. The molecule has 7 nitrogen and oxygen atoms in total. The summed E-state index contributed by atoms with van der Waals surface area (Å²) in [4.78, 5) is 45.3. The topological polar surface area (TPSA) is 87.2 Å². The van der Waals surface area contributed by atoms with Crippen LogP contribution >= 0.6 is 11.8 Å². The highest BCUT2D eigenvalue weighted by Gasteiger charge is 2.77. The minimum absolute atomic E-state index is 0.0529. The maximum Gasteiger partial charge on any atom is 0.310 e. The van der Waals surface area contributed by atoms with Gasteiger partial charge in [0.15, 0.2) is 0 Å². The van der Waals surface area contributed by atoms with Crippen LogP contribution in [0.25, 0.3) is 0 Å². The highest BCUT2D eigenvalue weighted by molar-refractivity contribution is 8.02. The van der Waals surface area contributed by atoms with E-state index in [1.165, 1.54) is 0 Å². The summed E-state index contributed by atoms with van der Waals surface area (Å²) in [5.41, 5.74) is 0. The van der Waals surface area contributed by atoms with Gasteiger partial charge in [-0.3, -0.25) is 14.4 Å². The van der Waals surface area contributed by atoms with Gasteiger partial charge in [0.2, 0.25) is 11.8 Å². The summed E-state index contributed by atoms with van der Waals surface area (Å²) in [7, 11) is 0. The van der Waals surface area contributed by atoms with Gasteiger partial charge >= 0.3 is 5.97 Å². The molecule has 3 saturated heterocycles. The van der Waals surface area contributed by atoms with Crippen molar-refractivity contribution in [1.82, 2.24) is 9.80 Å². The number of hydrogen-bond donors (Lipinski definition) is 1. The molecule has 2 bridgehead atoms. The minimum atomic E-state index is -0.739. The van der Waals surface area contributed by atoms with Gasteiger partial charge in [-0.25, -0.2) is 0 Å².